The first-order valence-corrected chi connectivity index (χ1v) is 17.6. The molecule has 4 amide bonds. The Labute approximate surface area is 298 Å². The van der Waals surface area contributed by atoms with Crippen LogP contribution >= 0.6 is 0 Å². The van der Waals surface area contributed by atoms with Crippen LogP contribution in [0.1, 0.15) is 106 Å². The molecule has 5 N–H and O–H groups in total. The van der Waals surface area contributed by atoms with Crippen LogP contribution in [0.2, 0.25) is 0 Å². The number of ether oxygens (including phenoxy) is 3. The van der Waals surface area contributed by atoms with Crippen molar-refractivity contribution in [1.29, 1.82) is 0 Å². The molecule has 1 unspecified atom stereocenters. The number of hydrogen-bond acceptors (Lipinski definition) is 9. The number of amides is 4. The summed E-state index contributed by atoms with van der Waals surface area (Å²) in [7, 11) is 0. The van der Waals surface area contributed by atoms with E-state index in [0.717, 1.165) is 5.56 Å². The first kappa shape index (κ1) is 44.5. The van der Waals surface area contributed by atoms with Crippen molar-refractivity contribution in [2.75, 3.05) is 31.7 Å². The molecule has 0 bridgehead atoms. The molecule has 0 heterocycles. The molecular formula is C37H62N4O9. The van der Waals surface area contributed by atoms with Gasteiger partial charge in [0.25, 0.3) is 0 Å². The number of hydrogen-bond donors (Lipinski definition) is 5. The minimum atomic E-state index is -0.930. The predicted octanol–water partition coefficient (Wildman–Crippen LogP) is 4.01. The van der Waals surface area contributed by atoms with Gasteiger partial charge in [-0.1, -0.05) is 39.8 Å². The smallest absolute Gasteiger partial charge is 0.302 e. The van der Waals surface area contributed by atoms with Gasteiger partial charge in [-0.05, 0) is 83.4 Å². The van der Waals surface area contributed by atoms with Crippen LogP contribution in [0.4, 0.5) is 5.69 Å². The van der Waals surface area contributed by atoms with Crippen LogP contribution in [0.15, 0.2) is 24.3 Å². The van der Waals surface area contributed by atoms with E-state index in [4.69, 9.17) is 14.2 Å². The molecule has 13 nitrogen and oxygen atoms in total. The van der Waals surface area contributed by atoms with Crippen molar-refractivity contribution in [1.82, 2.24) is 16.0 Å². The van der Waals surface area contributed by atoms with E-state index in [1.807, 2.05) is 27.7 Å². The lowest BCUT2D eigenvalue weighted by atomic mass is 9.87. The van der Waals surface area contributed by atoms with E-state index < -0.39 is 40.9 Å². The van der Waals surface area contributed by atoms with Crippen molar-refractivity contribution in [3.8, 4) is 0 Å². The van der Waals surface area contributed by atoms with Gasteiger partial charge in [0, 0.05) is 37.6 Å². The minimum absolute atomic E-state index is 0.0977. The average Bonchev–Trinajstić information content (AvgIpc) is 3.03. The fraction of sp³-hybridized carbons (Fsp3) is 0.703. The number of anilines is 1. The highest BCUT2D eigenvalue weighted by Crippen LogP contribution is 2.21. The molecule has 0 fully saturated rings. The molecule has 0 aromatic heterocycles. The van der Waals surface area contributed by atoms with Gasteiger partial charge in [-0.3, -0.25) is 24.0 Å². The van der Waals surface area contributed by atoms with E-state index in [0.29, 0.717) is 51.1 Å². The summed E-state index contributed by atoms with van der Waals surface area (Å²) in [6.45, 7) is 17.4. The summed E-state index contributed by atoms with van der Waals surface area (Å²) in [5.74, 6) is -2.09. The highest BCUT2D eigenvalue weighted by molar-refractivity contribution is 5.98. The van der Waals surface area contributed by atoms with Crippen LogP contribution in [-0.2, 0) is 44.8 Å². The molecule has 50 heavy (non-hydrogen) atoms. The molecule has 1 aromatic carbocycles. The molecule has 0 spiro atoms. The van der Waals surface area contributed by atoms with Crippen LogP contribution in [-0.4, -0.2) is 84.9 Å². The van der Waals surface area contributed by atoms with Crippen LogP contribution in [0.5, 0.6) is 0 Å². The van der Waals surface area contributed by atoms with E-state index in [9.17, 15) is 29.1 Å². The lowest BCUT2D eigenvalue weighted by molar-refractivity contribution is -0.142. The molecule has 0 aliphatic carbocycles. The summed E-state index contributed by atoms with van der Waals surface area (Å²) in [5, 5.41) is 20.8. The quantitative estimate of drug-likeness (QED) is 0.0784. The monoisotopic (exact) mass is 706 g/mol. The van der Waals surface area contributed by atoms with Gasteiger partial charge in [0.15, 0.2) is 0 Å². The lowest BCUT2D eigenvalue weighted by Crippen LogP contribution is -2.56. The summed E-state index contributed by atoms with van der Waals surface area (Å²) < 4.78 is 16.4. The Balaban J connectivity index is 2.85. The number of esters is 1. The number of aliphatic hydroxyl groups is 1. The third-order valence-electron chi connectivity index (χ3n) is 8.11. The van der Waals surface area contributed by atoms with Gasteiger partial charge in [-0.25, -0.2) is 0 Å². The zero-order valence-corrected chi connectivity index (χ0v) is 31.6. The Kier molecular flexibility index (Phi) is 19.8. The van der Waals surface area contributed by atoms with E-state index in [1.54, 1.807) is 52.0 Å². The molecule has 2 atom stereocenters. The highest BCUT2D eigenvalue weighted by atomic mass is 16.5. The van der Waals surface area contributed by atoms with Gasteiger partial charge in [0.2, 0.25) is 23.6 Å². The van der Waals surface area contributed by atoms with Crippen LogP contribution in [0.3, 0.4) is 0 Å². The Morgan fingerprint density at radius 3 is 2.10 bits per heavy atom. The standard InChI is InChI=1S/C37H62N4O9/c1-25(2)32(41-35(47)36(6,7)19-21-42)34(46)40-30(33(45)39-29-15-13-28(14-16-29)24-49-27(5)43)12-10-11-20-38-31(44)17-18-37(8,9)50-23-22-48-26(3)4/h13-16,25-26,30,32,42H,10-12,17-24H2,1-9H3,(H,38,44)(H,39,45)(H,40,46)(H,41,47)/t30-,32?/m0/s1. The number of aliphatic hydroxyl groups excluding tert-OH is 1. The van der Waals surface area contributed by atoms with E-state index >= 15 is 0 Å². The maximum atomic E-state index is 13.5. The van der Waals surface area contributed by atoms with Crippen molar-refractivity contribution in [2.45, 2.75) is 131 Å². The average molecular weight is 707 g/mol. The van der Waals surface area contributed by atoms with Gasteiger partial charge in [0.05, 0.1) is 24.9 Å². The molecule has 0 saturated heterocycles. The molecule has 13 heteroatoms. The van der Waals surface area contributed by atoms with Crippen LogP contribution < -0.4 is 21.3 Å². The zero-order chi connectivity index (χ0) is 37.9. The largest absolute Gasteiger partial charge is 0.461 e. The summed E-state index contributed by atoms with van der Waals surface area (Å²) in [4.78, 5) is 63.6. The second kappa shape index (κ2) is 22.3. The number of unbranched alkanes of at least 4 members (excludes halogenated alkanes) is 1. The fourth-order valence-electron chi connectivity index (χ4n) is 4.77. The van der Waals surface area contributed by atoms with Crippen molar-refractivity contribution in [2.24, 2.45) is 11.3 Å². The first-order chi connectivity index (χ1) is 23.4. The zero-order valence-electron chi connectivity index (χ0n) is 31.6. The normalized spacial score (nSPS) is 13.0. The SMILES string of the molecule is CC(=O)OCc1ccc(NC(=O)[C@H](CCCCNC(=O)CCC(C)(C)OCCOC(C)C)NC(=O)C(NC(=O)C(C)(C)CCO)C(C)C)cc1. The summed E-state index contributed by atoms with van der Waals surface area (Å²) >= 11 is 0. The van der Waals surface area contributed by atoms with E-state index in [-0.39, 0.29) is 49.9 Å². The van der Waals surface area contributed by atoms with Crippen LogP contribution in [0.25, 0.3) is 0 Å². The molecular weight excluding hydrogens is 644 g/mol. The maximum Gasteiger partial charge on any atom is 0.302 e. The van der Waals surface area contributed by atoms with Gasteiger partial charge < -0.3 is 40.6 Å². The van der Waals surface area contributed by atoms with Gasteiger partial charge in [-0.2, -0.15) is 0 Å². The molecule has 284 valence electrons. The van der Waals surface area contributed by atoms with Crippen molar-refractivity contribution in [3.63, 3.8) is 0 Å². The summed E-state index contributed by atoms with van der Waals surface area (Å²) in [6.07, 6.45) is 2.58. The third kappa shape index (κ3) is 18.4. The number of rotatable bonds is 24. The number of carbonyl (C=O) groups excluding carboxylic acids is 5. The molecule has 0 saturated carbocycles. The molecule has 0 aliphatic heterocycles. The maximum absolute atomic E-state index is 13.5. The Morgan fingerprint density at radius 1 is 0.860 bits per heavy atom. The second-order valence-corrected chi connectivity index (χ2v) is 14.5. The van der Waals surface area contributed by atoms with E-state index in [1.165, 1.54) is 6.92 Å². The Bertz CT molecular complexity index is 1220. The Morgan fingerprint density at radius 2 is 1.52 bits per heavy atom. The summed E-state index contributed by atoms with van der Waals surface area (Å²) in [6, 6.07) is 4.96. The number of carbonyl (C=O) groups is 5. The van der Waals surface area contributed by atoms with Crippen molar-refractivity contribution < 1.29 is 43.3 Å². The van der Waals surface area contributed by atoms with Crippen molar-refractivity contribution in [3.05, 3.63) is 29.8 Å². The second-order valence-electron chi connectivity index (χ2n) is 14.5. The predicted molar refractivity (Wildman–Crippen MR) is 192 cm³/mol. The first-order valence-electron chi connectivity index (χ1n) is 17.6. The van der Waals surface area contributed by atoms with Gasteiger partial charge in [-0.15, -0.1) is 0 Å². The van der Waals surface area contributed by atoms with Gasteiger partial charge in [0.1, 0.15) is 18.7 Å². The van der Waals surface area contributed by atoms with Crippen molar-refractivity contribution >= 4 is 35.3 Å². The van der Waals surface area contributed by atoms with E-state index in [2.05, 4.69) is 21.3 Å². The lowest BCUT2D eigenvalue weighted by Gasteiger charge is -2.29. The topological polar surface area (TPSA) is 181 Å². The van der Waals surface area contributed by atoms with Crippen LogP contribution in [0, 0.1) is 11.3 Å². The fourth-order valence-corrected chi connectivity index (χ4v) is 4.77. The molecule has 0 aliphatic rings. The third-order valence-corrected chi connectivity index (χ3v) is 8.11. The number of benzene rings is 1. The molecule has 0 radical (unpaired) electrons. The Hall–Kier alpha value is -3.55. The molecule has 1 rings (SSSR count). The summed E-state index contributed by atoms with van der Waals surface area (Å²) in [5.41, 5.74) is -0.124. The minimum Gasteiger partial charge on any atom is -0.461 e. The highest BCUT2D eigenvalue weighted by Gasteiger charge is 2.34. The molecule has 1 aromatic rings. The van der Waals surface area contributed by atoms with Gasteiger partial charge >= 0.3 is 5.97 Å². The number of nitrogens with one attached hydrogen (secondary N) is 4.